The van der Waals surface area contributed by atoms with Gasteiger partial charge in [0.25, 0.3) is 0 Å². The average Bonchev–Trinajstić information content (AvgIpc) is 3.07. The summed E-state index contributed by atoms with van der Waals surface area (Å²) >= 11 is 0. The van der Waals surface area contributed by atoms with Crippen LogP contribution in [0.2, 0.25) is 0 Å². The Balaban J connectivity index is 2.14. The third kappa shape index (κ3) is 4.02. The van der Waals surface area contributed by atoms with Crippen LogP contribution in [-0.4, -0.2) is 24.5 Å². The average molecular weight is 397 g/mol. The zero-order valence-corrected chi connectivity index (χ0v) is 14.9. The van der Waals surface area contributed by atoms with Crippen LogP contribution in [0, 0.1) is 0 Å². The molecule has 2 aromatic carbocycles. The summed E-state index contributed by atoms with van der Waals surface area (Å²) in [6, 6.07) is 12.2. The number of benzene rings is 2. The summed E-state index contributed by atoms with van der Waals surface area (Å²) in [5.41, 5.74) is 0.155. The van der Waals surface area contributed by atoms with E-state index in [1.807, 2.05) is 0 Å². The number of alkyl halides is 4. The van der Waals surface area contributed by atoms with Gasteiger partial charge in [-0.05, 0) is 35.9 Å². The Kier molecular flexibility index (Phi) is 4.81. The van der Waals surface area contributed by atoms with Gasteiger partial charge in [-0.15, -0.1) is 0 Å². The lowest BCUT2D eigenvalue weighted by Gasteiger charge is -2.09. The van der Waals surface area contributed by atoms with Gasteiger partial charge in [0.05, 0.1) is 16.3 Å². The molecular formula is C18H14F4N2O2S. The number of nitrogens with zero attached hydrogens (tertiary/aromatic N) is 2. The number of hydrogen-bond donors (Lipinski definition) is 0. The first-order valence-electron chi connectivity index (χ1n) is 7.72. The Morgan fingerprint density at radius 2 is 1.59 bits per heavy atom. The maximum absolute atomic E-state index is 13.1. The molecule has 0 N–H and O–H groups in total. The SMILES string of the molecule is CS(=O)(=O)c1ccc(-n2nc(C(F)(F)F)cc2-c2ccc(C[18F])cc2)cc1. The monoisotopic (exact) mass is 397 g/mol. The van der Waals surface area contributed by atoms with Crippen molar-refractivity contribution in [3.8, 4) is 16.9 Å². The lowest BCUT2D eigenvalue weighted by molar-refractivity contribution is -0.141. The summed E-state index contributed by atoms with van der Waals surface area (Å²) in [7, 11) is -3.43. The summed E-state index contributed by atoms with van der Waals surface area (Å²) in [4.78, 5) is 0.0447. The van der Waals surface area contributed by atoms with Gasteiger partial charge >= 0.3 is 6.18 Å². The summed E-state index contributed by atoms with van der Waals surface area (Å²) < 4.78 is 76.3. The van der Waals surface area contributed by atoms with E-state index < -0.39 is 28.4 Å². The Morgan fingerprint density at radius 1 is 1.00 bits per heavy atom. The molecule has 0 saturated carbocycles. The second-order valence-corrected chi connectivity index (χ2v) is 7.94. The van der Waals surface area contributed by atoms with Crippen molar-refractivity contribution in [1.29, 1.82) is 0 Å². The molecule has 1 heterocycles. The molecule has 0 aliphatic carbocycles. The Morgan fingerprint density at radius 3 is 2.07 bits per heavy atom. The maximum atomic E-state index is 13.1. The minimum atomic E-state index is -4.65. The highest BCUT2D eigenvalue weighted by molar-refractivity contribution is 7.90. The van der Waals surface area contributed by atoms with Crippen molar-refractivity contribution in [3.05, 3.63) is 65.9 Å². The number of hydrogen-bond acceptors (Lipinski definition) is 3. The van der Waals surface area contributed by atoms with E-state index in [0.29, 0.717) is 11.1 Å². The molecule has 3 aromatic rings. The van der Waals surface area contributed by atoms with Gasteiger partial charge in [-0.2, -0.15) is 18.3 Å². The molecule has 0 saturated heterocycles. The van der Waals surface area contributed by atoms with E-state index >= 15 is 0 Å². The topological polar surface area (TPSA) is 52.0 Å². The summed E-state index contributed by atoms with van der Waals surface area (Å²) in [5.74, 6) is 0. The predicted molar refractivity (Wildman–Crippen MR) is 91.9 cm³/mol. The molecular weight excluding hydrogens is 383 g/mol. The van der Waals surface area contributed by atoms with Crippen LogP contribution in [0.4, 0.5) is 17.6 Å². The second kappa shape index (κ2) is 6.80. The first-order chi connectivity index (χ1) is 12.6. The van der Waals surface area contributed by atoms with E-state index in [1.165, 1.54) is 48.5 Å². The third-order valence-electron chi connectivity index (χ3n) is 3.91. The van der Waals surface area contributed by atoms with Gasteiger partial charge in [0.1, 0.15) is 6.67 Å². The van der Waals surface area contributed by atoms with Gasteiger partial charge in [0, 0.05) is 11.8 Å². The molecule has 4 nitrogen and oxygen atoms in total. The van der Waals surface area contributed by atoms with E-state index in [4.69, 9.17) is 0 Å². The van der Waals surface area contributed by atoms with Gasteiger partial charge in [0.2, 0.25) is 0 Å². The van der Waals surface area contributed by atoms with Crippen molar-refractivity contribution < 1.29 is 26.0 Å². The highest BCUT2D eigenvalue weighted by Gasteiger charge is 2.35. The number of sulfone groups is 1. The number of rotatable bonds is 4. The van der Waals surface area contributed by atoms with E-state index in [1.54, 1.807) is 0 Å². The molecule has 3 rings (SSSR count). The van der Waals surface area contributed by atoms with Crippen LogP contribution >= 0.6 is 0 Å². The van der Waals surface area contributed by atoms with Gasteiger partial charge in [-0.1, -0.05) is 24.3 Å². The summed E-state index contributed by atoms with van der Waals surface area (Å²) in [6.45, 7) is -0.680. The molecule has 0 unspecified atom stereocenters. The fourth-order valence-electron chi connectivity index (χ4n) is 2.52. The molecule has 0 fully saturated rings. The molecule has 27 heavy (non-hydrogen) atoms. The smallest absolute Gasteiger partial charge is 0.246 e. The first kappa shape index (κ1) is 19.1. The fraction of sp³-hybridized carbons (Fsp3) is 0.167. The molecule has 0 radical (unpaired) electrons. The molecule has 0 bridgehead atoms. The van der Waals surface area contributed by atoms with Crippen molar-refractivity contribution >= 4 is 9.84 Å². The first-order valence-corrected chi connectivity index (χ1v) is 9.62. The quantitative estimate of drug-likeness (QED) is 0.612. The van der Waals surface area contributed by atoms with Crippen molar-refractivity contribution in [3.63, 3.8) is 0 Å². The van der Waals surface area contributed by atoms with E-state index in [2.05, 4.69) is 5.10 Å². The molecule has 0 atom stereocenters. The Hall–Kier alpha value is -2.68. The Labute approximate surface area is 153 Å². The summed E-state index contributed by atoms with van der Waals surface area (Å²) in [6.07, 6.45) is -3.61. The maximum Gasteiger partial charge on any atom is 0.435 e. The highest BCUT2D eigenvalue weighted by Crippen LogP contribution is 2.33. The van der Waals surface area contributed by atoms with E-state index in [9.17, 15) is 26.0 Å². The molecule has 9 heteroatoms. The van der Waals surface area contributed by atoms with Crippen molar-refractivity contribution in [2.24, 2.45) is 0 Å². The van der Waals surface area contributed by atoms with Gasteiger partial charge in [0.15, 0.2) is 15.5 Å². The van der Waals surface area contributed by atoms with Crippen molar-refractivity contribution in [2.45, 2.75) is 17.7 Å². The minimum Gasteiger partial charge on any atom is -0.246 e. The molecule has 0 amide bonds. The molecule has 0 spiro atoms. The lowest BCUT2D eigenvalue weighted by Crippen LogP contribution is -2.07. The van der Waals surface area contributed by atoms with Gasteiger partial charge < -0.3 is 0 Å². The zero-order valence-electron chi connectivity index (χ0n) is 14.0. The number of halogens is 4. The highest BCUT2D eigenvalue weighted by atomic mass is 32.2. The molecule has 0 aliphatic rings. The minimum absolute atomic E-state index is 0.0447. The largest absolute Gasteiger partial charge is 0.435 e. The van der Waals surface area contributed by atoms with Crippen LogP contribution < -0.4 is 0 Å². The molecule has 0 aliphatic heterocycles. The third-order valence-corrected chi connectivity index (χ3v) is 5.04. The van der Waals surface area contributed by atoms with Crippen molar-refractivity contribution in [1.82, 2.24) is 9.78 Å². The number of aromatic nitrogens is 2. The Bertz CT molecular complexity index is 1050. The lowest BCUT2D eigenvalue weighted by atomic mass is 10.1. The standard InChI is InChI=1S/C18H14F4N2O2S/c1-27(25,26)15-8-6-14(7-9-15)24-16(10-17(23-24)18(20,21)22)13-4-2-12(11-19)3-5-13/h2-10H,11H2,1H3/i19-1. The zero-order chi connectivity index (χ0) is 19.8. The van der Waals surface area contributed by atoms with Crippen LogP contribution in [-0.2, 0) is 22.7 Å². The summed E-state index contributed by atoms with van der Waals surface area (Å²) in [5, 5.41) is 3.63. The van der Waals surface area contributed by atoms with Crippen LogP contribution in [0.1, 0.15) is 11.3 Å². The van der Waals surface area contributed by atoms with Gasteiger partial charge in [-0.3, -0.25) is 0 Å². The van der Waals surface area contributed by atoms with Crippen LogP contribution in [0.15, 0.2) is 59.5 Å². The van der Waals surface area contributed by atoms with Gasteiger partial charge in [-0.25, -0.2) is 17.5 Å². The van der Waals surface area contributed by atoms with Crippen molar-refractivity contribution in [2.75, 3.05) is 6.26 Å². The normalized spacial score (nSPS) is 12.3. The van der Waals surface area contributed by atoms with E-state index in [-0.39, 0.29) is 16.3 Å². The van der Waals surface area contributed by atoms with E-state index in [0.717, 1.165) is 17.0 Å². The second-order valence-electron chi connectivity index (χ2n) is 5.92. The van der Waals surface area contributed by atoms with Crippen LogP contribution in [0.3, 0.4) is 0 Å². The van der Waals surface area contributed by atoms with Crippen LogP contribution in [0.25, 0.3) is 16.9 Å². The molecule has 142 valence electrons. The predicted octanol–water partition coefficient (Wildman–Crippen LogP) is 4.43. The van der Waals surface area contributed by atoms with Crippen LogP contribution in [0.5, 0.6) is 0 Å². The molecule has 1 aromatic heterocycles. The fourth-order valence-corrected chi connectivity index (χ4v) is 3.15.